The van der Waals surface area contributed by atoms with Gasteiger partial charge in [0.2, 0.25) is 0 Å². The lowest BCUT2D eigenvalue weighted by atomic mass is 10.1. The number of hydrogen-bond donors (Lipinski definition) is 0. The van der Waals surface area contributed by atoms with Crippen molar-refractivity contribution in [1.82, 2.24) is 4.57 Å². The summed E-state index contributed by atoms with van der Waals surface area (Å²) in [7, 11) is 0. The molecule has 5 aromatic rings. The predicted molar refractivity (Wildman–Crippen MR) is 223 cm³/mol. The Labute approximate surface area is 313 Å². The summed E-state index contributed by atoms with van der Waals surface area (Å²) in [6.45, 7) is 9.44. The largest absolute Gasteiger partial charge is 0.494 e. The fourth-order valence-corrected chi connectivity index (χ4v) is 8.12. The highest BCUT2D eigenvalue weighted by Crippen LogP contribution is 2.40. The summed E-state index contributed by atoms with van der Waals surface area (Å²) in [5.41, 5.74) is 6.10. The predicted octanol–water partition coefficient (Wildman–Crippen LogP) is 15.2. The molecule has 2 aromatic heterocycles. The van der Waals surface area contributed by atoms with E-state index >= 15 is 0 Å². The first-order valence-electron chi connectivity index (χ1n) is 20.5. The van der Waals surface area contributed by atoms with E-state index in [2.05, 4.69) is 108 Å². The van der Waals surface area contributed by atoms with E-state index in [1.807, 2.05) is 11.3 Å². The molecule has 0 N–H and O–H groups in total. The van der Waals surface area contributed by atoms with Crippen molar-refractivity contribution >= 4 is 49.5 Å². The number of unbranched alkanes of at least 4 members (excludes halogenated alkanes) is 15. The molecule has 0 spiro atoms. The van der Waals surface area contributed by atoms with E-state index in [9.17, 15) is 0 Å². The maximum absolute atomic E-state index is 6.18. The molecule has 0 saturated heterocycles. The number of fused-ring (bicyclic) bond motifs is 3. The average Bonchev–Trinajstić information content (AvgIpc) is 3.75. The molecule has 0 atom stereocenters. The molecule has 5 heteroatoms. The van der Waals surface area contributed by atoms with Gasteiger partial charge in [0.15, 0.2) is 0 Å². The quantitative estimate of drug-likeness (QED) is 0.0535. The zero-order valence-corrected chi connectivity index (χ0v) is 32.8. The Hall–Kier alpha value is -3.44. The summed E-state index contributed by atoms with van der Waals surface area (Å²) in [4.78, 5) is 2.38. The number of aryl methyl sites for hydroxylation is 1. The van der Waals surface area contributed by atoms with E-state index in [4.69, 9.17) is 9.47 Å². The van der Waals surface area contributed by atoms with Gasteiger partial charge >= 0.3 is 0 Å². The van der Waals surface area contributed by atoms with E-state index in [0.717, 1.165) is 55.5 Å². The van der Waals surface area contributed by atoms with Crippen LogP contribution in [-0.4, -0.2) is 17.8 Å². The monoisotopic (exact) mass is 708 g/mol. The number of hydrogen-bond acceptors (Lipinski definition) is 4. The number of nitrogens with zero attached hydrogens (tertiary/aromatic N) is 2. The third-order valence-corrected chi connectivity index (χ3v) is 11.1. The van der Waals surface area contributed by atoms with Crippen LogP contribution in [0.15, 0.2) is 78.2 Å². The summed E-state index contributed by atoms with van der Waals surface area (Å²) < 4.78 is 16.3. The molecule has 2 heterocycles. The summed E-state index contributed by atoms with van der Waals surface area (Å²) in [6.07, 6.45) is 23.1. The number of anilines is 3. The number of ether oxygens (including phenoxy) is 2. The van der Waals surface area contributed by atoms with E-state index in [1.54, 1.807) is 0 Å². The molecule has 0 unspecified atom stereocenters. The van der Waals surface area contributed by atoms with Gasteiger partial charge in [0.05, 0.1) is 28.9 Å². The van der Waals surface area contributed by atoms with Crippen LogP contribution >= 0.6 is 11.3 Å². The van der Waals surface area contributed by atoms with Gasteiger partial charge in [-0.3, -0.25) is 0 Å². The van der Waals surface area contributed by atoms with Crippen LogP contribution in [0.25, 0.3) is 21.1 Å². The van der Waals surface area contributed by atoms with Gasteiger partial charge in [-0.15, -0.1) is 11.3 Å². The van der Waals surface area contributed by atoms with Crippen LogP contribution in [-0.2, 0) is 6.54 Å². The third-order valence-electron chi connectivity index (χ3n) is 10.2. The van der Waals surface area contributed by atoms with Gasteiger partial charge in [-0.2, -0.15) is 0 Å². The molecule has 51 heavy (non-hydrogen) atoms. The van der Waals surface area contributed by atoms with Crippen LogP contribution in [0.4, 0.5) is 17.1 Å². The van der Waals surface area contributed by atoms with Gasteiger partial charge in [-0.25, -0.2) is 0 Å². The second-order valence-corrected chi connectivity index (χ2v) is 15.2. The summed E-state index contributed by atoms with van der Waals surface area (Å²) >= 11 is 1.86. The van der Waals surface area contributed by atoms with Gasteiger partial charge in [0.1, 0.15) is 11.5 Å². The molecule has 0 aliphatic carbocycles. The zero-order valence-electron chi connectivity index (χ0n) is 32.0. The van der Waals surface area contributed by atoms with Gasteiger partial charge in [0.25, 0.3) is 0 Å². The van der Waals surface area contributed by atoms with Crippen molar-refractivity contribution < 1.29 is 9.47 Å². The summed E-state index contributed by atoms with van der Waals surface area (Å²) in [5.74, 6) is 1.88. The van der Waals surface area contributed by atoms with Crippen LogP contribution in [0.5, 0.6) is 11.5 Å². The smallest absolute Gasteiger partial charge is 0.119 e. The lowest BCUT2D eigenvalue weighted by Crippen LogP contribution is -2.10. The highest BCUT2D eigenvalue weighted by molar-refractivity contribution is 7.18. The molecule has 0 radical (unpaired) electrons. The second kappa shape index (κ2) is 21.8. The molecular weight excluding hydrogens is 645 g/mol. The fraction of sp³-hybridized carbons (Fsp3) is 0.522. The molecule has 0 bridgehead atoms. The molecule has 4 nitrogen and oxygen atoms in total. The lowest BCUT2D eigenvalue weighted by Gasteiger charge is -2.26. The molecule has 0 saturated carbocycles. The second-order valence-electron chi connectivity index (χ2n) is 14.3. The first-order chi connectivity index (χ1) is 25.2. The number of thiophene rings is 1. The molecule has 276 valence electrons. The van der Waals surface area contributed by atoms with E-state index in [0.29, 0.717) is 0 Å². The molecule has 3 aromatic carbocycles. The van der Waals surface area contributed by atoms with Gasteiger partial charge in [-0.05, 0) is 97.4 Å². The maximum Gasteiger partial charge on any atom is 0.119 e. The standard InChI is InChI=1S/C46H64N2O2S/c1-4-7-10-13-16-19-33-47-44-32-36-51-46(44)43-31-26-40(37-45(43)47)48(38-22-27-41(28-23-38)49-34-20-17-14-11-8-5-2)39-24-29-42(30-25-39)50-35-21-18-15-12-9-6-3/h22-32,36-37H,4-21,33-35H2,1-3H3. The van der Waals surface area contributed by atoms with Crippen molar-refractivity contribution in [3.05, 3.63) is 78.2 Å². The Morgan fingerprint density at radius 1 is 0.490 bits per heavy atom. The van der Waals surface area contributed by atoms with Crippen molar-refractivity contribution in [3.8, 4) is 11.5 Å². The Bertz CT molecular complexity index is 1610. The van der Waals surface area contributed by atoms with Gasteiger partial charge < -0.3 is 18.9 Å². The molecule has 0 aliphatic heterocycles. The Kier molecular flexibility index (Phi) is 16.6. The first kappa shape index (κ1) is 38.8. The first-order valence-corrected chi connectivity index (χ1v) is 21.4. The highest BCUT2D eigenvalue weighted by Gasteiger charge is 2.18. The van der Waals surface area contributed by atoms with Crippen LogP contribution in [0.2, 0.25) is 0 Å². The minimum absolute atomic E-state index is 0.777. The third kappa shape index (κ3) is 11.5. The van der Waals surface area contributed by atoms with Crippen molar-refractivity contribution in [3.63, 3.8) is 0 Å². The SMILES string of the molecule is CCCCCCCCOc1ccc(N(c2ccc(OCCCCCCCC)cc2)c2ccc3c4sccc4n(CCCCCCCC)c3c2)cc1. The van der Waals surface area contributed by atoms with Crippen LogP contribution in [0.3, 0.4) is 0 Å². The normalized spacial score (nSPS) is 11.5. The van der Waals surface area contributed by atoms with E-state index < -0.39 is 0 Å². The lowest BCUT2D eigenvalue weighted by molar-refractivity contribution is 0.304. The number of benzene rings is 3. The van der Waals surface area contributed by atoms with Gasteiger partial charge in [0, 0.05) is 29.0 Å². The number of rotatable bonds is 26. The van der Waals surface area contributed by atoms with Gasteiger partial charge in [-0.1, -0.05) is 117 Å². The van der Waals surface area contributed by atoms with Crippen molar-refractivity contribution in [2.75, 3.05) is 18.1 Å². The van der Waals surface area contributed by atoms with Crippen molar-refractivity contribution in [1.29, 1.82) is 0 Å². The summed E-state index contributed by atoms with van der Waals surface area (Å²) in [5, 5.41) is 3.60. The maximum atomic E-state index is 6.18. The van der Waals surface area contributed by atoms with Crippen LogP contribution in [0.1, 0.15) is 136 Å². The molecule has 0 aliphatic rings. The highest BCUT2D eigenvalue weighted by atomic mass is 32.1. The zero-order chi connectivity index (χ0) is 35.5. The molecule has 0 amide bonds. The minimum Gasteiger partial charge on any atom is -0.494 e. The van der Waals surface area contributed by atoms with Crippen LogP contribution in [0, 0.1) is 0 Å². The number of aromatic nitrogens is 1. The Morgan fingerprint density at radius 2 is 0.961 bits per heavy atom. The summed E-state index contributed by atoms with van der Waals surface area (Å²) in [6, 6.07) is 26.7. The molecular formula is C46H64N2O2S. The van der Waals surface area contributed by atoms with Crippen molar-refractivity contribution in [2.24, 2.45) is 0 Å². The average molecular weight is 709 g/mol. The topological polar surface area (TPSA) is 26.6 Å². The molecule has 5 rings (SSSR count). The minimum atomic E-state index is 0.777. The Balaban J connectivity index is 1.35. The fourth-order valence-electron chi connectivity index (χ4n) is 7.19. The Morgan fingerprint density at radius 3 is 1.49 bits per heavy atom. The van der Waals surface area contributed by atoms with E-state index in [1.165, 1.54) is 130 Å². The van der Waals surface area contributed by atoms with Crippen LogP contribution < -0.4 is 14.4 Å². The van der Waals surface area contributed by atoms with Crippen molar-refractivity contribution in [2.45, 2.75) is 143 Å². The molecule has 0 fully saturated rings. The van der Waals surface area contributed by atoms with E-state index in [-0.39, 0.29) is 0 Å².